The lowest BCUT2D eigenvalue weighted by molar-refractivity contribution is -0.155. The molecule has 18 nitrogen and oxygen atoms in total. The standard InChI is InChI=1S/C35H44O11.C15H14O6.C4H7ClO/c1-6-11-30(36)41-23-19-26(43-32(38)13-8-3)24-21-29(45-34(40)15-10-5)35(46-27(24)20-23)22-16-17-25(42-31(37)12-7-2)28(18-22)44-33(39)14-9-4;16-8-4-11(18)9-6-13(20)15(21-14(9)5-8)7-1-2-10(17)12(19)3-7;1-2-3-4(5)6/h16-20,29,35H,6-15,21H2,1-5H3;1-5,13,15-20H,6H2;2-3H2,1H3/t29-,35-;13-,15-;/m11./s1. The molecule has 0 amide bonds. The second-order valence-electron chi connectivity index (χ2n) is 17.1. The molecule has 4 aromatic carbocycles. The summed E-state index contributed by atoms with van der Waals surface area (Å²) in [5.41, 5.74) is 1.82. The van der Waals surface area contributed by atoms with Crippen molar-refractivity contribution in [1.82, 2.24) is 0 Å². The minimum atomic E-state index is -0.933. The van der Waals surface area contributed by atoms with E-state index in [4.69, 9.17) is 44.8 Å². The van der Waals surface area contributed by atoms with Gasteiger partial charge in [0, 0.05) is 92.3 Å². The number of carbonyl (C=O) groups excluding carboxylic acids is 6. The summed E-state index contributed by atoms with van der Waals surface area (Å²) < 4.78 is 40.2. The molecule has 6 rings (SSSR count). The quantitative estimate of drug-likeness (QED) is 0.0253. The average molecular weight is 1040 g/mol. The summed E-state index contributed by atoms with van der Waals surface area (Å²) in [6.07, 6.45) is 1.80. The first-order chi connectivity index (χ1) is 34.8. The third-order valence-electron chi connectivity index (χ3n) is 10.9. The van der Waals surface area contributed by atoms with Crippen molar-refractivity contribution in [2.24, 2.45) is 0 Å². The molecule has 0 spiro atoms. The minimum Gasteiger partial charge on any atom is -0.508 e. The number of fused-ring (bicyclic) bond motifs is 2. The van der Waals surface area contributed by atoms with E-state index >= 15 is 0 Å². The molecule has 19 heteroatoms. The van der Waals surface area contributed by atoms with E-state index in [0.29, 0.717) is 60.8 Å². The fourth-order valence-electron chi connectivity index (χ4n) is 7.44. The Bertz CT molecular complexity index is 2560. The molecule has 0 fully saturated rings. The van der Waals surface area contributed by atoms with E-state index < -0.39 is 54.3 Å². The van der Waals surface area contributed by atoms with E-state index in [2.05, 4.69) is 0 Å². The molecule has 2 heterocycles. The van der Waals surface area contributed by atoms with Gasteiger partial charge in [-0.3, -0.25) is 28.8 Å². The number of hydrogen-bond donors (Lipinski definition) is 5. The molecule has 0 aromatic heterocycles. The zero-order chi connectivity index (χ0) is 53.8. The van der Waals surface area contributed by atoms with Crippen LogP contribution in [0.1, 0.15) is 153 Å². The number of hydrogen-bond acceptors (Lipinski definition) is 18. The molecule has 2 aliphatic rings. The SMILES string of the molecule is CCCC(=O)Cl.CCCC(=O)Oc1cc(OC(=O)CCC)c2c(c1)O[C@H](c1ccc(OC(=O)CCC)c(OC(=O)CCC)c1)[C@H](OC(=O)CCC)C2.Oc1cc(O)c2c(c1)O[C@H](c1ccc(O)c(O)c1)[C@H](O)C2. The van der Waals surface area contributed by atoms with Crippen LogP contribution in [-0.2, 0) is 46.3 Å². The first-order valence-corrected chi connectivity index (χ1v) is 24.8. The van der Waals surface area contributed by atoms with Crippen molar-refractivity contribution in [2.45, 2.75) is 156 Å². The number of esters is 5. The molecule has 4 aromatic rings. The number of halogens is 1. The molecule has 0 radical (unpaired) electrons. The van der Waals surface area contributed by atoms with Crippen LogP contribution in [0, 0.1) is 0 Å². The van der Waals surface area contributed by atoms with Gasteiger partial charge in [-0.25, -0.2) is 0 Å². The van der Waals surface area contributed by atoms with Crippen LogP contribution in [0.25, 0.3) is 0 Å². The fourth-order valence-corrected chi connectivity index (χ4v) is 7.63. The Kier molecular flexibility index (Phi) is 23.1. The highest BCUT2D eigenvalue weighted by atomic mass is 35.5. The van der Waals surface area contributed by atoms with E-state index in [1.54, 1.807) is 6.07 Å². The number of aliphatic hydroxyl groups excluding tert-OH is 1. The summed E-state index contributed by atoms with van der Waals surface area (Å²) >= 11 is 4.94. The van der Waals surface area contributed by atoms with Crippen molar-refractivity contribution in [3.63, 3.8) is 0 Å². The monoisotopic (exact) mass is 1040 g/mol. The van der Waals surface area contributed by atoms with Gasteiger partial charge in [-0.2, -0.15) is 0 Å². The molecular formula is C54H65ClO18. The summed E-state index contributed by atoms with van der Waals surface area (Å²) in [6.45, 7) is 11.2. The number of carbonyl (C=O) groups is 6. The highest BCUT2D eigenvalue weighted by Gasteiger charge is 2.38. The molecular weight excluding hydrogens is 972 g/mol. The molecule has 0 aliphatic carbocycles. The molecule has 0 saturated heterocycles. The number of phenols is 4. The van der Waals surface area contributed by atoms with Gasteiger partial charge in [0.05, 0.1) is 6.10 Å². The highest BCUT2D eigenvalue weighted by molar-refractivity contribution is 6.63. The maximum Gasteiger partial charge on any atom is 0.311 e. The first-order valence-electron chi connectivity index (χ1n) is 24.4. The third-order valence-corrected chi connectivity index (χ3v) is 11.0. The number of phenolic OH excluding ortho intramolecular Hbond substituents is 4. The number of benzene rings is 4. The predicted octanol–water partition coefficient (Wildman–Crippen LogP) is 9.99. The smallest absolute Gasteiger partial charge is 0.311 e. The summed E-state index contributed by atoms with van der Waals surface area (Å²) in [5.74, 6) is -2.35. The summed E-state index contributed by atoms with van der Waals surface area (Å²) in [4.78, 5) is 72.3. The van der Waals surface area contributed by atoms with Gasteiger partial charge in [0.25, 0.3) is 0 Å². The average Bonchev–Trinajstić information content (AvgIpc) is 3.31. The molecule has 2 aliphatic heterocycles. The van der Waals surface area contributed by atoms with Crippen LogP contribution in [0.4, 0.5) is 0 Å². The van der Waals surface area contributed by atoms with Gasteiger partial charge in [-0.05, 0) is 80.0 Å². The topological polar surface area (TPSA) is 268 Å². The van der Waals surface area contributed by atoms with E-state index in [1.165, 1.54) is 54.6 Å². The molecule has 0 bridgehead atoms. The normalized spacial score (nSPS) is 16.2. The number of ether oxygens (including phenoxy) is 7. The first kappa shape index (κ1) is 58.5. The van der Waals surface area contributed by atoms with Crippen LogP contribution < -0.4 is 28.4 Å². The van der Waals surface area contributed by atoms with Crippen molar-refractivity contribution in [3.8, 4) is 57.5 Å². The Balaban J connectivity index is 0.000000349. The predicted molar refractivity (Wildman–Crippen MR) is 265 cm³/mol. The Morgan fingerprint density at radius 2 is 1.01 bits per heavy atom. The largest absolute Gasteiger partial charge is 0.508 e. The number of aliphatic hydroxyl groups is 1. The molecule has 73 heavy (non-hydrogen) atoms. The van der Waals surface area contributed by atoms with Gasteiger partial charge in [0.2, 0.25) is 5.24 Å². The zero-order valence-electron chi connectivity index (χ0n) is 41.9. The molecule has 0 unspecified atom stereocenters. The van der Waals surface area contributed by atoms with E-state index in [1.807, 2.05) is 41.5 Å². The van der Waals surface area contributed by atoms with Gasteiger partial charge >= 0.3 is 29.8 Å². The molecule has 0 saturated carbocycles. The Hall–Kier alpha value is -7.05. The Morgan fingerprint density at radius 3 is 1.58 bits per heavy atom. The lowest BCUT2D eigenvalue weighted by Crippen LogP contribution is -2.35. The molecule has 396 valence electrons. The van der Waals surface area contributed by atoms with Crippen molar-refractivity contribution >= 4 is 46.7 Å². The third kappa shape index (κ3) is 17.6. The van der Waals surface area contributed by atoms with Crippen LogP contribution >= 0.6 is 11.6 Å². The maximum absolute atomic E-state index is 12.8. The van der Waals surface area contributed by atoms with Crippen LogP contribution in [0.5, 0.6) is 57.5 Å². The second kappa shape index (κ2) is 28.9. The van der Waals surface area contributed by atoms with E-state index in [0.717, 1.165) is 6.42 Å². The Morgan fingerprint density at radius 1 is 0.507 bits per heavy atom. The van der Waals surface area contributed by atoms with Gasteiger partial charge < -0.3 is 58.7 Å². The number of aromatic hydroxyl groups is 4. The van der Waals surface area contributed by atoms with Gasteiger partial charge in [0.1, 0.15) is 46.7 Å². The van der Waals surface area contributed by atoms with E-state index in [9.17, 15) is 54.3 Å². The number of rotatable bonds is 19. The van der Waals surface area contributed by atoms with Gasteiger partial charge in [0.15, 0.2) is 29.1 Å². The lowest BCUT2D eigenvalue weighted by atomic mass is 9.93. The van der Waals surface area contributed by atoms with Gasteiger partial charge in [-0.1, -0.05) is 53.7 Å². The van der Waals surface area contributed by atoms with E-state index in [-0.39, 0.29) is 108 Å². The summed E-state index contributed by atoms with van der Waals surface area (Å²) in [7, 11) is 0. The van der Waals surface area contributed by atoms with Crippen molar-refractivity contribution < 1.29 is 87.5 Å². The van der Waals surface area contributed by atoms with Gasteiger partial charge in [-0.15, -0.1) is 0 Å². The summed E-state index contributed by atoms with van der Waals surface area (Å²) in [6, 6.07) is 14.3. The minimum absolute atomic E-state index is 0.0184. The maximum atomic E-state index is 12.8. The van der Waals surface area contributed by atoms with Crippen LogP contribution in [-0.4, -0.2) is 72.8 Å². The zero-order valence-corrected chi connectivity index (χ0v) is 42.7. The Labute approximate surface area is 429 Å². The second-order valence-corrected chi connectivity index (χ2v) is 17.5. The van der Waals surface area contributed by atoms with Crippen molar-refractivity contribution in [3.05, 3.63) is 82.9 Å². The lowest BCUT2D eigenvalue weighted by Gasteiger charge is -2.34. The van der Waals surface area contributed by atoms with Crippen molar-refractivity contribution in [1.29, 1.82) is 0 Å². The van der Waals surface area contributed by atoms with Crippen LogP contribution in [0.3, 0.4) is 0 Å². The van der Waals surface area contributed by atoms with Crippen molar-refractivity contribution in [2.75, 3.05) is 0 Å². The molecule has 5 N–H and O–H groups in total. The van der Waals surface area contributed by atoms with Crippen LogP contribution in [0.15, 0.2) is 60.7 Å². The molecule has 4 atom stereocenters. The summed E-state index contributed by atoms with van der Waals surface area (Å²) in [5, 5.41) is 48.1. The fraction of sp³-hybridized carbons (Fsp3) is 0.444. The highest BCUT2D eigenvalue weighted by Crippen LogP contribution is 2.46. The van der Waals surface area contributed by atoms with Crippen LogP contribution in [0.2, 0.25) is 0 Å².